The number of pyridine rings is 1. The van der Waals surface area contributed by atoms with Crippen molar-refractivity contribution < 1.29 is 18.0 Å². The van der Waals surface area contributed by atoms with Crippen LogP contribution in [0.2, 0.25) is 0 Å². The summed E-state index contributed by atoms with van der Waals surface area (Å²) in [7, 11) is 0. The number of thiophene rings is 1. The van der Waals surface area contributed by atoms with Crippen molar-refractivity contribution in [2.75, 3.05) is 5.32 Å². The van der Waals surface area contributed by atoms with Crippen LogP contribution < -0.4 is 16.6 Å². The molecule has 0 unspecified atom stereocenters. The fourth-order valence-corrected chi connectivity index (χ4v) is 4.62. The van der Waals surface area contributed by atoms with Crippen LogP contribution in [-0.2, 0) is 24.1 Å². The van der Waals surface area contributed by atoms with Gasteiger partial charge < -0.3 is 5.32 Å². The zero-order valence-electron chi connectivity index (χ0n) is 16.8. The van der Waals surface area contributed by atoms with E-state index in [-0.39, 0.29) is 16.8 Å². The average molecular weight is 462 g/mol. The second-order valence-corrected chi connectivity index (χ2v) is 8.05. The number of carbonyl (C=O) groups excluding carboxylic acids is 1. The summed E-state index contributed by atoms with van der Waals surface area (Å²) in [6.07, 6.45) is -2.60. The van der Waals surface area contributed by atoms with Gasteiger partial charge in [0.15, 0.2) is 0 Å². The summed E-state index contributed by atoms with van der Waals surface area (Å²) in [5, 5.41) is 2.77. The molecule has 0 aliphatic carbocycles. The maximum atomic E-state index is 13.3. The third-order valence-electron chi connectivity index (χ3n) is 4.87. The van der Waals surface area contributed by atoms with E-state index in [1.807, 2.05) is 0 Å². The number of benzene rings is 1. The minimum absolute atomic E-state index is 0.147. The van der Waals surface area contributed by atoms with Gasteiger partial charge in [-0.05, 0) is 30.7 Å². The molecule has 0 saturated heterocycles. The van der Waals surface area contributed by atoms with Gasteiger partial charge in [0.25, 0.3) is 5.56 Å². The van der Waals surface area contributed by atoms with Crippen LogP contribution in [0.1, 0.15) is 18.9 Å². The average Bonchev–Trinajstić information content (AvgIpc) is 3.13. The number of carbonyl (C=O) groups is 1. The Morgan fingerprint density at radius 1 is 1.12 bits per heavy atom. The fourth-order valence-electron chi connectivity index (χ4n) is 3.52. The highest BCUT2D eigenvalue weighted by molar-refractivity contribution is 7.25. The number of anilines is 1. The van der Waals surface area contributed by atoms with Gasteiger partial charge in [0.2, 0.25) is 5.91 Å². The Hall–Kier alpha value is -3.47. The summed E-state index contributed by atoms with van der Waals surface area (Å²) in [4.78, 5) is 43.5. The Bertz CT molecular complexity index is 1450. The number of fused-ring (bicyclic) bond motifs is 3. The van der Waals surface area contributed by atoms with Gasteiger partial charge >= 0.3 is 11.9 Å². The van der Waals surface area contributed by atoms with Gasteiger partial charge in [-0.2, -0.15) is 13.2 Å². The van der Waals surface area contributed by atoms with Crippen molar-refractivity contribution in [1.29, 1.82) is 0 Å². The monoisotopic (exact) mass is 462 g/mol. The molecule has 0 spiro atoms. The number of hydrogen-bond donors (Lipinski definition) is 1. The molecule has 7 nitrogen and oxygen atoms in total. The normalized spacial score (nSPS) is 11.9. The van der Waals surface area contributed by atoms with Crippen LogP contribution in [0.15, 0.2) is 52.2 Å². The van der Waals surface area contributed by atoms with Crippen LogP contribution in [0.4, 0.5) is 18.9 Å². The zero-order valence-corrected chi connectivity index (χ0v) is 17.6. The van der Waals surface area contributed by atoms with Crippen molar-refractivity contribution in [3.8, 4) is 0 Å². The molecular weight excluding hydrogens is 445 g/mol. The van der Waals surface area contributed by atoms with Crippen LogP contribution in [0.3, 0.4) is 0 Å². The van der Waals surface area contributed by atoms with Gasteiger partial charge in [-0.1, -0.05) is 19.1 Å². The second kappa shape index (κ2) is 8.23. The molecule has 0 radical (unpaired) electrons. The molecule has 32 heavy (non-hydrogen) atoms. The van der Waals surface area contributed by atoms with Crippen molar-refractivity contribution in [3.05, 3.63) is 69.0 Å². The number of halogens is 3. The first-order valence-electron chi connectivity index (χ1n) is 9.69. The topological polar surface area (TPSA) is 86.0 Å². The van der Waals surface area contributed by atoms with E-state index in [9.17, 15) is 27.6 Å². The van der Waals surface area contributed by atoms with Gasteiger partial charge in [0.1, 0.15) is 16.1 Å². The number of hydrogen-bond acceptors (Lipinski definition) is 5. The number of amides is 1. The van der Waals surface area contributed by atoms with Crippen LogP contribution in [-0.4, -0.2) is 20.0 Å². The third kappa shape index (κ3) is 3.79. The second-order valence-electron chi connectivity index (χ2n) is 7.05. The molecule has 0 bridgehead atoms. The van der Waals surface area contributed by atoms with E-state index in [0.717, 1.165) is 32.6 Å². The summed E-state index contributed by atoms with van der Waals surface area (Å²) < 4.78 is 42.2. The molecule has 3 aromatic heterocycles. The molecule has 1 aromatic carbocycles. The largest absolute Gasteiger partial charge is 0.418 e. The molecule has 11 heteroatoms. The molecule has 4 aromatic rings. The highest BCUT2D eigenvalue weighted by Crippen LogP contribution is 2.34. The number of nitrogens with zero attached hydrogens (tertiary/aromatic N) is 3. The summed E-state index contributed by atoms with van der Waals surface area (Å²) in [5.41, 5.74) is -2.33. The first kappa shape index (κ1) is 21.8. The van der Waals surface area contributed by atoms with Crippen LogP contribution in [0.25, 0.3) is 20.4 Å². The van der Waals surface area contributed by atoms with E-state index in [1.165, 1.54) is 12.1 Å². The lowest BCUT2D eigenvalue weighted by molar-refractivity contribution is -0.137. The van der Waals surface area contributed by atoms with Gasteiger partial charge in [-0.15, -0.1) is 11.3 Å². The number of alkyl halides is 3. The van der Waals surface area contributed by atoms with Crippen LogP contribution in [0.5, 0.6) is 0 Å². The molecule has 0 saturated carbocycles. The molecule has 166 valence electrons. The van der Waals surface area contributed by atoms with Crippen molar-refractivity contribution in [3.63, 3.8) is 0 Å². The van der Waals surface area contributed by atoms with E-state index in [1.54, 1.807) is 25.3 Å². The smallest absolute Gasteiger partial charge is 0.324 e. The number of nitrogens with one attached hydrogen (secondary N) is 1. The first-order chi connectivity index (χ1) is 15.2. The Kier molecular flexibility index (Phi) is 5.59. The highest BCUT2D eigenvalue weighted by atomic mass is 32.1. The molecule has 0 fully saturated rings. The van der Waals surface area contributed by atoms with Crippen LogP contribution in [0, 0.1) is 0 Å². The number of rotatable bonds is 5. The van der Waals surface area contributed by atoms with Gasteiger partial charge in [-0.3, -0.25) is 18.7 Å². The summed E-state index contributed by atoms with van der Waals surface area (Å²) in [6.45, 7) is 1.38. The highest BCUT2D eigenvalue weighted by Gasteiger charge is 2.33. The van der Waals surface area contributed by atoms with E-state index in [2.05, 4.69) is 10.3 Å². The summed E-state index contributed by atoms with van der Waals surface area (Å²) in [6, 6.07) is 7.91. The first-order valence-corrected chi connectivity index (χ1v) is 10.5. The van der Waals surface area contributed by atoms with E-state index in [4.69, 9.17) is 0 Å². The molecule has 0 aliphatic heterocycles. The Morgan fingerprint density at radius 3 is 2.59 bits per heavy atom. The quantitative estimate of drug-likeness (QED) is 0.488. The molecule has 0 atom stereocenters. The zero-order chi connectivity index (χ0) is 23.0. The molecular formula is C21H17F3N4O3S. The molecule has 4 rings (SSSR count). The van der Waals surface area contributed by atoms with Gasteiger partial charge in [0, 0.05) is 18.1 Å². The molecule has 1 N–H and O–H groups in total. The van der Waals surface area contributed by atoms with Crippen molar-refractivity contribution in [1.82, 2.24) is 14.1 Å². The number of para-hydroxylation sites is 1. The fraction of sp³-hybridized carbons (Fsp3) is 0.238. The molecule has 0 aliphatic rings. The summed E-state index contributed by atoms with van der Waals surface area (Å²) >= 11 is 1.10. The van der Waals surface area contributed by atoms with E-state index >= 15 is 0 Å². The van der Waals surface area contributed by atoms with E-state index < -0.39 is 41.1 Å². The predicted octanol–water partition coefficient (Wildman–Crippen LogP) is 3.84. The minimum Gasteiger partial charge on any atom is -0.324 e. The van der Waals surface area contributed by atoms with Crippen LogP contribution >= 0.6 is 11.3 Å². The van der Waals surface area contributed by atoms with Crippen molar-refractivity contribution in [2.24, 2.45) is 0 Å². The standard InChI is InChI=1S/C21H17F3N4O3S/c1-2-10-27-19(30)17-16(12-6-5-9-25-18(12)32-17)28(20(27)31)11-15(29)26-14-8-4-3-7-13(14)21(22,23)24/h3-9H,2,10-11H2,1H3,(H,26,29). The predicted molar refractivity (Wildman–Crippen MR) is 116 cm³/mol. The molecule has 3 heterocycles. The third-order valence-corrected chi connectivity index (χ3v) is 5.96. The lowest BCUT2D eigenvalue weighted by Crippen LogP contribution is -2.41. The van der Waals surface area contributed by atoms with Gasteiger partial charge in [0.05, 0.1) is 16.8 Å². The number of aromatic nitrogens is 3. The maximum absolute atomic E-state index is 13.3. The Labute approximate surface area is 182 Å². The minimum atomic E-state index is -4.66. The van der Waals surface area contributed by atoms with E-state index in [0.29, 0.717) is 16.6 Å². The summed E-state index contributed by atoms with van der Waals surface area (Å²) in [5.74, 6) is -0.824. The van der Waals surface area contributed by atoms with Gasteiger partial charge in [-0.25, -0.2) is 9.78 Å². The SMILES string of the molecule is CCCn1c(=O)c2sc3ncccc3c2n(CC(=O)Nc2ccccc2C(F)(F)F)c1=O. The van der Waals surface area contributed by atoms with Crippen molar-refractivity contribution in [2.45, 2.75) is 32.6 Å². The molecule has 1 amide bonds. The Morgan fingerprint density at radius 2 is 1.88 bits per heavy atom. The lowest BCUT2D eigenvalue weighted by Gasteiger charge is -2.15. The van der Waals surface area contributed by atoms with Crippen molar-refractivity contribution >= 4 is 43.4 Å². The lowest BCUT2D eigenvalue weighted by atomic mass is 10.1. The Balaban J connectivity index is 1.84. The maximum Gasteiger partial charge on any atom is 0.418 e.